The second kappa shape index (κ2) is 2.85. The largest absolute Gasteiger partial charge is 0.464 e. The number of ether oxygens (including phenoxy) is 1. The van der Waals surface area contributed by atoms with Gasteiger partial charge in [-0.3, -0.25) is 10.1 Å². The molecule has 0 saturated carbocycles. The topological polar surface area (TPSA) is 67.9 Å². The van der Waals surface area contributed by atoms with Crippen LogP contribution in [0.1, 0.15) is 10.5 Å². The summed E-state index contributed by atoms with van der Waals surface area (Å²) < 4.78 is 4.54. The molecule has 0 saturated heterocycles. The monoisotopic (exact) mass is 177 g/mol. The van der Waals surface area contributed by atoms with Gasteiger partial charge in [-0.25, -0.2) is 4.79 Å². The van der Waals surface area contributed by atoms with Gasteiger partial charge >= 0.3 is 5.97 Å². The maximum atomic E-state index is 11.1. The van der Waals surface area contributed by atoms with Crippen LogP contribution in [0.4, 0.5) is 0 Å². The molecule has 5 nitrogen and oxygen atoms in total. The summed E-state index contributed by atoms with van der Waals surface area (Å²) in [5.41, 5.74) is 1.48. The Balaban J connectivity index is 2.64. The Morgan fingerprint density at radius 3 is 3.23 bits per heavy atom. The van der Waals surface area contributed by atoms with Crippen molar-refractivity contribution in [3.8, 4) is 0 Å². The van der Waals surface area contributed by atoms with Crippen molar-refractivity contribution in [1.29, 1.82) is 0 Å². The molecule has 2 aromatic heterocycles. The molecule has 0 unspecified atom stereocenters. The highest BCUT2D eigenvalue weighted by Crippen LogP contribution is 2.12. The fourth-order valence-electron chi connectivity index (χ4n) is 1.09. The van der Waals surface area contributed by atoms with Crippen LogP contribution in [0.2, 0.25) is 0 Å². The number of nitrogens with one attached hydrogen (secondary N) is 1. The van der Waals surface area contributed by atoms with E-state index in [0.29, 0.717) is 5.52 Å². The van der Waals surface area contributed by atoms with Crippen molar-refractivity contribution < 1.29 is 9.53 Å². The van der Waals surface area contributed by atoms with Crippen LogP contribution in [-0.2, 0) is 4.74 Å². The smallest absolute Gasteiger partial charge is 0.360 e. The fourth-order valence-corrected chi connectivity index (χ4v) is 1.09. The number of aromatic nitrogens is 3. The number of hydrogen-bond acceptors (Lipinski definition) is 4. The van der Waals surface area contributed by atoms with Gasteiger partial charge in [0.2, 0.25) is 0 Å². The maximum Gasteiger partial charge on any atom is 0.360 e. The SMILES string of the molecule is COC(=O)c1n[nH]c2cccnc12. The minimum atomic E-state index is -0.482. The van der Waals surface area contributed by atoms with Gasteiger partial charge in [0, 0.05) is 6.20 Å². The van der Waals surface area contributed by atoms with Crippen molar-refractivity contribution >= 4 is 17.0 Å². The predicted octanol–water partition coefficient (Wildman–Crippen LogP) is 0.744. The van der Waals surface area contributed by atoms with E-state index in [0.717, 1.165) is 5.52 Å². The van der Waals surface area contributed by atoms with Crippen molar-refractivity contribution in [1.82, 2.24) is 15.2 Å². The number of pyridine rings is 1. The Bertz CT molecular complexity index is 449. The molecule has 0 aliphatic heterocycles. The van der Waals surface area contributed by atoms with Crippen LogP contribution >= 0.6 is 0 Å². The Kier molecular flexibility index (Phi) is 1.70. The maximum absolute atomic E-state index is 11.1. The van der Waals surface area contributed by atoms with Gasteiger partial charge in [0.05, 0.1) is 12.6 Å². The summed E-state index contributed by atoms with van der Waals surface area (Å²) in [6.07, 6.45) is 1.60. The standard InChI is InChI=1S/C8H7N3O2/c1-13-8(12)7-6-5(10-11-7)3-2-4-9-6/h2-4H,1H3,(H,10,11). The van der Waals surface area contributed by atoms with Crippen LogP contribution in [0, 0.1) is 0 Å². The normalized spacial score (nSPS) is 10.2. The summed E-state index contributed by atoms with van der Waals surface area (Å²) in [6, 6.07) is 3.56. The molecule has 2 heterocycles. The second-order valence-electron chi connectivity index (χ2n) is 2.46. The number of methoxy groups -OCH3 is 1. The molecule has 2 rings (SSSR count). The summed E-state index contributed by atoms with van der Waals surface area (Å²) in [6.45, 7) is 0. The number of H-pyrrole nitrogens is 1. The molecular formula is C8H7N3O2. The highest BCUT2D eigenvalue weighted by atomic mass is 16.5. The molecule has 0 amide bonds. The van der Waals surface area contributed by atoms with Crippen molar-refractivity contribution in [2.75, 3.05) is 7.11 Å². The van der Waals surface area contributed by atoms with Crippen LogP contribution in [0.25, 0.3) is 11.0 Å². The number of esters is 1. The molecule has 1 N–H and O–H groups in total. The second-order valence-corrected chi connectivity index (χ2v) is 2.46. The van der Waals surface area contributed by atoms with Crippen LogP contribution in [0.5, 0.6) is 0 Å². The zero-order chi connectivity index (χ0) is 9.26. The minimum Gasteiger partial charge on any atom is -0.464 e. The number of nitrogens with zero attached hydrogens (tertiary/aromatic N) is 2. The number of hydrogen-bond donors (Lipinski definition) is 1. The van der Waals surface area contributed by atoms with Crippen molar-refractivity contribution in [2.45, 2.75) is 0 Å². The highest BCUT2D eigenvalue weighted by molar-refractivity contribution is 5.99. The molecule has 0 atom stereocenters. The number of aromatic amines is 1. The number of rotatable bonds is 1. The van der Waals surface area contributed by atoms with E-state index in [-0.39, 0.29) is 5.69 Å². The lowest BCUT2D eigenvalue weighted by molar-refractivity contribution is 0.0596. The first-order valence-electron chi connectivity index (χ1n) is 3.70. The van der Waals surface area contributed by atoms with E-state index in [2.05, 4.69) is 19.9 Å². The van der Waals surface area contributed by atoms with Crippen LogP contribution in [0.3, 0.4) is 0 Å². The Labute approximate surface area is 73.7 Å². The average molecular weight is 177 g/mol. The van der Waals surface area contributed by atoms with Crippen molar-refractivity contribution in [2.24, 2.45) is 0 Å². The third-order valence-electron chi connectivity index (χ3n) is 1.70. The van der Waals surface area contributed by atoms with Gasteiger partial charge < -0.3 is 4.74 Å². The average Bonchev–Trinajstić information content (AvgIpc) is 2.60. The van der Waals surface area contributed by atoms with E-state index < -0.39 is 5.97 Å². The van der Waals surface area contributed by atoms with Gasteiger partial charge in [0.25, 0.3) is 0 Å². The lowest BCUT2D eigenvalue weighted by Gasteiger charge is -1.92. The molecule has 0 spiro atoms. The van der Waals surface area contributed by atoms with Gasteiger partial charge in [0.15, 0.2) is 5.69 Å². The lowest BCUT2D eigenvalue weighted by atomic mass is 10.3. The van der Waals surface area contributed by atoms with E-state index in [4.69, 9.17) is 0 Å². The molecule has 0 aliphatic rings. The van der Waals surface area contributed by atoms with E-state index in [9.17, 15) is 4.79 Å². The zero-order valence-corrected chi connectivity index (χ0v) is 6.94. The highest BCUT2D eigenvalue weighted by Gasteiger charge is 2.14. The quantitative estimate of drug-likeness (QED) is 0.652. The fraction of sp³-hybridized carbons (Fsp3) is 0.125. The summed E-state index contributed by atoms with van der Waals surface area (Å²) in [5.74, 6) is -0.482. The van der Waals surface area contributed by atoms with E-state index in [1.165, 1.54) is 7.11 Å². The van der Waals surface area contributed by atoms with Gasteiger partial charge in [0.1, 0.15) is 5.52 Å². The van der Waals surface area contributed by atoms with Gasteiger partial charge in [-0.05, 0) is 12.1 Å². The molecular weight excluding hydrogens is 170 g/mol. The number of carbonyl (C=O) groups excluding carboxylic acids is 1. The molecule has 0 aliphatic carbocycles. The summed E-state index contributed by atoms with van der Waals surface area (Å²) in [5, 5.41) is 6.49. The first kappa shape index (κ1) is 7.72. The zero-order valence-electron chi connectivity index (χ0n) is 6.94. The first-order valence-corrected chi connectivity index (χ1v) is 3.70. The molecule has 0 aromatic carbocycles. The number of fused-ring (bicyclic) bond motifs is 1. The summed E-state index contributed by atoms with van der Waals surface area (Å²) in [4.78, 5) is 15.2. The Morgan fingerprint density at radius 1 is 1.62 bits per heavy atom. The third kappa shape index (κ3) is 1.14. The molecule has 66 valence electrons. The van der Waals surface area contributed by atoms with Crippen molar-refractivity contribution in [3.63, 3.8) is 0 Å². The van der Waals surface area contributed by atoms with Gasteiger partial charge in [-0.15, -0.1) is 0 Å². The third-order valence-corrected chi connectivity index (χ3v) is 1.70. The lowest BCUT2D eigenvalue weighted by Crippen LogP contribution is -2.02. The molecule has 0 bridgehead atoms. The van der Waals surface area contributed by atoms with Gasteiger partial charge in [-0.1, -0.05) is 0 Å². The summed E-state index contributed by atoms with van der Waals surface area (Å²) in [7, 11) is 1.31. The minimum absolute atomic E-state index is 0.220. The molecule has 13 heavy (non-hydrogen) atoms. The predicted molar refractivity (Wildman–Crippen MR) is 45.2 cm³/mol. The van der Waals surface area contributed by atoms with E-state index in [1.807, 2.05) is 0 Å². The van der Waals surface area contributed by atoms with E-state index in [1.54, 1.807) is 18.3 Å². The van der Waals surface area contributed by atoms with Crippen molar-refractivity contribution in [3.05, 3.63) is 24.0 Å². The number of carbonyl (C=O) groups is 1. The van der Waals surface area contributed by atoms with Crippen LogP contribution in [0.15, 0.2) is 18.3 Å². The molecule has 0 fully saturated rings. The summed E-state index contributed by atoms with van der Waals surface area (Å²) >= 11 is 0. The molecule has 2 aromatic rings. The van der Waals surface area contributed by atoms with Crippen LogP contribution < -0.4 is 0 Å². The van der Waals surface area contributed by atoms with E-state index >= 15 is 0 Å². The molecule has 5 heteroatoms. The van der Waals surface area contributed by atoms with Gasteiger partial charge in [-0.2, -0.15) is 5.10 Å². The first-order chi connectivity index (χ1) is 6.33. The van der Waals surface area contributed by atoms with Crippen LogP contribution in [-0.4, -0.2) is 28.3 Å². The Hall–Kier alpha value is -1.91. The molecule has 0 radical (unpaired) electrons. The Morgan fingerprint density at radius 2 is 2.46 bits per heavy atom.